The van der Waals surface area contributed by atoms with Crippen LogP contribution in [0.2, 0.25) is 0 Å². The molecule has 0 bridgehead atoms. The number of ketones is 1. The van der Waals surface area contributed by atoms with Crippen molar-refractivity contribution in [2.75, 3.05) is 0 Å². The zero-order chi connectivity index (χ0) is 38.6. The van der Waals surface area contributed by atoms with Crippen molar-refractivity contribution in [2.24, 2.45) is 16.7 Å². The average Bonchev–Trinajstić information content (AvgIpc) is 3.59. The van der Waals surface area contributed by atoms with Crippen LogP contribution in [0.3, 0.4) is 0 Å². The second-order valence-corrected chi connectivity index (χ2v) is 15.8. The molecule has 7 rings (SSSR count). The Balaban J connectivity index is 0.000000276. The minimum absolute atomic E-state index is 0. The molecule has 3 heterocycles. The first-order valence-corrected chi connectivity index (χ1v) is 19.8. The number of fused-ring (bicyclic) bond motifs is 6. The summed E-state index contributed by atoms with van der Waals surface area (Å²) in [5.74, 6) is 1.82. The Kier molecular flexibility index (Phi) is 13.4. The first kappa shape index (κ1) is 41.8. The predicted octanol–water partition coefficient (Wildman–Crippen LogP) is 13.1. The van der Waals surface area contributed by atoms with Gasteiger partial charge < -0.3 is 9.52 Å². The molecule has 1 aliphatic carbocycles. The van der Waals surface area contributed by atoms with Gasteiger partial charge in [-0.25, -0.2) is 0 Å². The van der Waals surface area contributed by atoms with Gasteiger partial charge >= 0.3 is 0 Å². The maximum atomic E-state index is 12.2. The fraction of sp³-hybridized carbons (Fsp3) is 0.367. The minimum Gasteiger partial charge on any atom is -0.512 e. The van der Waals surface area contributed by atoms with E-state index >= 15 is 0 Å². The van der Waals surface area contributed by atoms with Crippen LogP contribution in [0.4, 0.5) is 0 Å². The number of benzene rings is 3. The van der Waals surface area contributed by atoms with Crippen LogP contribution in [0.25, 0.3) is 55.4 Å². The molecule has 0 atom stereocenters. The molecule has 0 saturated heterocycles. The van der Waals surface area contributed by atoms with Crippen molar-refractivity contribution < 1.29 is 34.4 Å². The summed E-state index contributed by atoms with van der Waals surface area (Å²) in [5, 5.41) is 13.5. The molecule has 0 spiro atoms. The van der Waals surface area contributed by atoms with Crippen LogP contribution in [0.1, 0.15) is 97.9 Å². The Morgan fingerprint density at radius 3 is 2.22 bits per heavy atom. The number of aliphatic hydroxyl groups excluding tert-OH is 1. The molecule has 0 saturated carbocycles. The van der Waals surface area contributed by atoms with Gasteiger partial charge in [0.1, 0.15) is 17.1 Å². The first-order chi connectivity index (χ1) is 25.9. The molecule has 0 aliphatic heterocycles. The molecule has 3 aromatic heterocycles. The molecule has 0 unspecified atom stereocenters. The molecule has 0 fully saturated rings. The van der Waals surface area contributed by atoms with Crippen molar-refractivity contribution in [1.82, 2.24) is 9.97 Å². The number of hydrogen-bond acceptors (Lipinski definition) is 5. The van der Waals surface area contributed by atoms with Crippen LogP contribution >= 0.6 is 0 Å². The number of aryl methyl sites for hydroxylation is 2. The first-order valence-electron chi connectivity index (χ1n) is 19.8. The maximum absolute atomic E-state index is 12.2. The number of nitrogens with zero attached hydrogens (tertiary/aromatic N) is 2. The molecule has 6 aromatic rings. The largest absolute Gasteiger partial charge is 0.512 e. The summed E-state index contributed by atoms with van der Waals surface area (Å²) in [6.07, 6.45) is 11.5. The third-order valence-electron chi connectivity index (χ3n) is 12.0. The quantitative estimate of drug-likeness (QED) is 0.0796. The van der Waals surface area contributed by atoms with Crippen LogP contribution in [-0.2, 0) is 44.2 Å². The summed E-state index contributed by atoms with van der Waals surface area (Å²) in [5.41, 5.74) is 9.40. The Bertz CT molecular complexity index is 2290. The van der Waals surface area contributed by atoms with Gasteiger partial charge in [0, 0.05) is 77.3 Å². The maximum Gasteiger partial charge on any atom is 0.164 e. The van der Waals surface area contributed by atoms with Crippen LogP contribution in [0.5, 0.6) is 0 Å². The van der Waals surface area contributed by atoms with Crippen molar-refractivity contribution in [3.8, 4) is 33.7 Å². The minimum atomic E-state index is -0.337. The third-order valence-corrected chi connectivity index (χ3v) is 12.0. The molecule has 289 valence electrons. The van der Waals surface area contributed by atoms with Crippen molar-refractivity contribution in [2.45, 2.75) is 100 Å². The molecule has 0 amide bonds. The van der Waals surface area contributed by atoms with E-state index < -0.39 is 0 Å². The van der Waals surface area contributed by atoms with E-state index in [2.05, 4.69) is 86.6 Å². The smallest absolute Gasteiger partial charge is 0.164 e. The summed E-state index contributed by atoms with van der Waals surface area (Å²) in [7, 11) is 0. The Labute approximate surface area is 341 Å². The van der Waals surface area contributed by atoms with Crippen molar-refractivity contribution in [1.29, 1.82) is 0 Å². The van der Waals surface area contributed by atoms with Crippen LogP contribution in [-0.4, -0.2) is 20.9 Å². The summed E-state index contributed by atoms with van der Waals surface area (Å²) in [6, 6.07) is 29.2. The summed E-state index contributed by atoms with van der Waals surface area (Å²) in [4.78, 5) is 21.8. The Hall–Kier alpha value is -4.38. The molecule has 1 aliphatic rings. The van der Waals surface area contributed by atoms with Gasteiger partial charge in [-0.15, -0.1) is 23.6 Å². The Morgan fingerprint density at radius 2 is 1.55 bits per heavy atom. The second-order valence-electron chi connectivity index (χ2n) is 15.8. The van der Waals surface area contributed by atoms with Crippen LogP contribution in [0.15, 0.2) is 101 Å². The number of carbonyl (C=O) groups is 1. The summed E-state index contributed by atoms with van der Waals surface area (Å²) in [6.45, 7) is 16.5. The van der Waals surface area contributed by atoms with Crippen LogP contribution < -0.4 is 0 Å². The normalized spacial score (nSPS) is 12.9. The van der Waals surface area contributed by atoms with E-state index in [1.165, 1.54) is 39.3 Å². The van der Waals surface area contributed by atoms with Gasteiger partial charge in [-0.2, -0.15) is 0 Å². The number of aliphatic hydroxyl groups is 1. The topological polar surface area (TPSA) is 76.2 Å². The third kappa shape index (κ3) is 8.56. The predicted molar refractivity (Wildman–Crippen MR) is 224 cm³/mol. The van der Waals surface area contributed by atoms with E-state index in [-0.39, 0.29) is 42.5 Å². The zero-order valence-electron chi connectivity index (χ0n) is 33.7. The van der Waals surface area contributed by atoms with Gasteiger partial charge in [0.2, 0.25) is 0 Å². The molecule has 6 heteroatoms. The molecular weight excluding hydrogens is 857 g/mol. The number of furan rings is 1. The second kappa shape index (κ2) is 17.6. The number of allylic oxidation sites excluding steroid dienone is 2. The van der Waals surface area contributed by atoms with E-state index in [0.717, 1.165) is 84.0 Å². The molecule has 3 aromatic carbocycles. The molecular formula is C49H55IrN2O3-. The van der Waals surface area contributed by atoms with E-state index in [0.29, 0.717) is 5.92 Å². The zero-order valence-corrected chi connectivity index (χ0v) is 36.1. The Morgan fingerprint density at radius 1 is 0.873 bits per heavy atom. The molecule has 5 nitrogen and oxygen atoms in total. The number of carbonyl (C=O) groups excluding carboxylic acids is 1. The van der Waals surface area contributed by atoms with Crippen molar-refractivity contribution in [3.63, 3.8) is 0 Å². The van der Waals surface area contributed by atoms with Gasteiger partial charge in [0.05, 0.1) is 0 Å². The van der Waals surface area contributed by atoms with Gasteiger partial charge in [-0.05, 0) is 74.1 Å². The standard InChI is InChI=1S/C34H27N2O.C15H28O2.Ir/c1-21(2)16-26-19-30-24(20-36-26)12-13-28-32-31(37-34(28)30)14-15-35-33(32)25-17-23-10-6-7-11-27(23)29(18-25)22-8-4-3-5-9-22;1-7-14(5,8-2)12(16)11-13(17)15(6,9-3)10-4;/h3-11,14-15,18-21H,12-13,16H2,1-2H3;11,16H,7-10H2,1-6H3;/q-1;;/b;12-11-;. The average molecular weight is 912 g/mol. The van der Waals surface area contributed by atoms with Gasteiger partial charge in [0.15, 0.2) is 5.78 Å². The van der Waals surface area contributed by atoms with Gasteiger partial charge in [0.25, 0.3) is 0 Å². The molecule has 1 radical (unpaired) electrons. The van der Waals surface area contributed by atoms with Gasteiger partial charge in [-0.1, -0.05) is 120 Å². The van der Waals surface area contributed by atoms with E-state index in [1.807, 2.05) is 60.0 Å². The number of aromatic nitrogens is 2. The molecule has 1 N–H and O–H groups in total. The van der Waals surface area contributed by atoms with Crippen LogP contribution in [0, 0.1) is 22.8 Å². The van der Waals surface area contributed by atoms with Gasteiger partial charge in [-0.3, -0.25) is 14.8 Å². The van der Waals surface area contributed by atoms with E-state index in [1.54, 1.807) is 0 Å². The fourth-order valence-electron chi connectivity index (χ4n) is 7.39. The van der Waals surface area contributed by atoms with Crippen molar-refractivity contribution in [3.05, 3.63) is 120 Å². The monoisotopic (exact) mass is 912 g/mol. The number of rotatable bonds is 11. The summed E-state index contributed by atoms with van der Waals surface area (Å²) < 4.78 is 6.56. The number of hydrogen-bond donors (Lipinski definition) is 1. The van der Waals surface area contributed by atoms with E-state index in [9.17, 15) is 9.90 Å². The fourth-order valence-corrected chi connectivity index (χ4v) is 7.39. The van der Waals surface area contributed by atoms with Crippen molar-refractivity contribution >= 4 is 27.5 Å². The summed E-state index contributed by atoms with van der Waals surface area (Å²) >= 11 is 0. The van der Waals surface area contributed by atoms with E-state index in [4.69, 9.17) is 14.4 Å². The number of pyridine rings is 2. The SMILES string of the molecule is CC(C)Cc1cc2c(cn1)CCc1c-2oc2ccnc(-c3[c-]c4ccccc4c(-c4ccccc4)c3)c12.CCC(C)(CC)C(=O)/C=C(\O)C(C)(CC)CC.[Ir]. The molecule has 55 heavy (non-hydrogen) atoms.